The van der Waals surface area contributed by atoms with Gasteiger partial charge in [0.1, 0.15) is 24.4 Å². The maximum Gasteiger partial charge on any atom is 0.338 e. The SMILES string of the molecule is CCCCCCCCCCCCC/C=C/[C@@H](OC(=O)c1ccccc1)[C@H](CO[C@H]1O[C@H](CO)[C@H](O)[C@H](OC(=O)c2ccccc2)[C@H]1OCCC(C(=O)O)C(=O)O)NC(=O)CCCCCCCCCCCCCCC. The molecular weight excluding hydrogens is 947 g/mol. The molecule has 5 N–H and O–H groups in total. The number of aliphatic carboxylic acids is 2. The first-order chi connectivity index (χ1) is 36.0. The number of aliphatic hydroxyl groups excluding tert-OH is 2. The molecule has 1 amide bonds. The van der Waals surface area contributed by atoms with Crippen LogP contribution in [0.5, 0.6) is 0 Å². The molecule has 1 heterocycles. The third-order valence-electron chi connectivity index (χ3n) is 13.6. The number of ether oxygens (including phenoxy) is 5. The van der Waals surface area contributed by atoms with E-state index < -0.39 is 92.3 Å². The van der Waals surface area contributed by atoms with Crippen molar-refractivity contribution < 1.29 is 68.1 Å². The van der Waals surface area contributed by atoms with Crippen LogP contribution in [-0.2, 0) is 38.1 Å². The molecule has 0 aliphatic carbocycles. The van der Waals surface area contributed by atoms with Crippen LogP contribution in [0.4, 0.5) is 0 Å². The van der Waals surface area contributed by atoms with Crippen molar-refractivity contribution in [1.29, 1.82) is 0 Å². The molecule has 416 valence electrons. The van der Waals surface area contributed by atoms with Crippen LogP contribution in [0.25, 0.3) is 0 Å². The van der Waals surface area contributed by atoms with Crippen molar-refractivity contribution in [3.8, 4) is 0 Å². The molecule has 0 aromatic heterocycles. The molecule has 2 aromatic rings. The molecule has 0 unspecified atom stereocenters. The zero-order chi connectivity index (χ0) is 53.6. The minimum Gasteiger partial charge on any atom is -0.481 e. The Morgan fingerprint density at radius 3 is 1.58 bits per heavy atom. The summed E-state index contributed by atoms with van der Waals surface area (Å²) < 4.78 is 30.4. The second-order valence-electron chi connectivity index (χ2n) is 19.8. The number of rotatable bonds is 43. The van der Waals surface area contributed by atoms with E-state index in [1.54, 1.807) is 54.6 Å². The molecule has 3 rings (SSSR count). The van der Waals surface area contributed by atoms with Crippen molar-refractivity contribution >= 4 is 29.8 Å². The van der Waals surface area contributed by atoms with E-state index in [2.05, 4.69) is 19.2 Å². The molecule has 15 heteroatoms. The van der Waals surface area contributed by atoms with Gasteiger partial charge in [-0.1, -0.05) is 198 Å². The molecule has 15 nitrogen and oxygen atoms in total. The van der Waals surface area contributed by atoms with Crippen LogP contribution >= 0.6 is 0 Å². The molecule has 0 saturated carbocycles. The van der Waals surface area contributed by atoms with Gasteiger partial charge in [0.2, 0.25) is 5.91 Å². The van der Waals surface area contributed by atoms with E-state index in [-0.39, 0.29) is 24.5 Å². The van der Waals surface area contributed by atoms with Crippen molar-refractivity contribution in [2.75, 3.05) is 19.8 Å². The number of hydrogen-bond acceptors (Lipinski definition) is 12. The average molecular weight is 1040 g/mol. The van der Waals surface area contributed by atoms with Gasteiger partial charge in [0.05, 0.1) is 30.4 Å². The fourth-order valence-corrected chi connectivity index (χ4v) is 9.10. The highest BCUT2D eigenvalue weighted by molar-refractivity contribution is 5.93. The predicted octanol–water partition coefficient (Wildman–Crippen LogP) is 11.3. The first kappa shape index (κ1) is 63.6. The molecule has 74 heavy (non-hydrogen) atoms. The first-order valence-corrected chi connectivity index (χ1v) is 28.1. The fourth-order valence-electron chi connectivity index (χ4n) is 9.10. The number of unbranched alkanes of at least 4 members (excludes halogenated alkanes) is 23. The summed E-state index contributed by atoms with van der Waals surface area (Å²) in [5, 5.41) is 44.0. The number of allylic oxidation sites excluding steroid dienone is 1. The minimum atomic E-state index is -1.84. The predicted molar refractivity (Wildman–Crippen MR) is 285 cm³/mol. The smallest absolute Gasteiger partial charge is 0.338 e. The van der Waals surface area contributed by atoms with Crippen molar-refractivity contribution in [2.45, 2.75) is 230 Å². The molecule has 1 aliphatic rings. The molecule has 1 aliphatic heterocycles. The van der Waals surface area contributed by atoms with Crippen LogP contribution in [0.15, 0.2) is 72.8 Å². The number of aliphatic hydroxyl groups is 2. The molecule has 0 spiro atoms. The number of carbonyl (C=O) groups is 5. The number of nitrogens with one attached hydrogen (secondary N) is 1. The number of esters is 2. The number of hydrogen-bond donors (Lipinski definition) is 5. The summed E-state index contributed by atoms with van der Waals surface area (Å²) in [6.07, 6.45) is 23.4. The number of carbonyl (C=O) groups excluding carboxylic acids is 3. The van der Waals surface area contributed by atoms with Gasteiger partial charge < -0.3 is 49.4 Å². The highest BCUT2D eigenvalue weighted by Crippen LogP contribution is 2.29. The molecule has 0 radical (unpaired) electrons. The van der Waals surface area contributed by atoms with Crippen molar-refractivity contribution in [3.05, 3.63) is 83.9 Å². The van der Waals surface area contributed by atoms with E-state index in [0.29, 0.717) is 18.4 Å². The quantitative estimate of drug-likeness (QED) is 0.0180. The van der Waals surface area contributed by atoms with Crippen LogP contribution in [-0.4, -0.2) is 113 Å². The summed E-state index contributed by atoms with van der Waals surface area (Å²) in [4.78, 5) is 64.7. The Labute approximate surface area is 441 Å². The van der Waals surface area contributed by atoms with Crippen LogP contribution < -0.4 is 5.32 Å². The summed E-state index contributed by atoms with van der Waals surface area (Å²) in [5.74, 6) is -6.82. The van der Waals surface area contributed by atoms with Gasteiger partial charge in [-0.05, 0) is 56.0 Å². The van der Waals surface area contributed by atoms with E-state index >= 15 is 0 Å². The third-order valence-corrected chi connectivity index (χ3v) is 13.6. The highest BCUT2D eigenvalue weighted by atomic mass is 16.7. The fraction of sp³-hybridized carbons (Fsp3) is 0.678. The summed E-state index contributed by atoms with van der Waals surface area (Å²) in [7, 11) is 0. The second-order valence-corrected chi connectivity index (χ2v) is 19.8. The van der Waals surface area contributed by atoms with Gasteiger partial charge in [0, 0.05) is 13.0 Å². The largest absolute Gasteiger partial charge is 0.481 e. The van der Waals surface area contributed by atoms with E-state index in [4.69, 9.17) is 23.7 Å². The van der Waals surface area contributed by atoms with Crippen LogP contribution in [0.2, 0.25) is 0 Å². The lowest BCUT2D eigenvalue weighted by atomic mass is 9.98. The molecular formula is C59H91NO14. The topological polar surface area (TPSA) is 224 Å². The number of benzene rings is 2. The normalized spacial score (nSPS) is 18.5. The third kappa shape index (κ3) is 26.2. The van der Waals surface area contributed by atoms with Gasteiger partial charge in [-0.25, -0.2) is 9.59 Å². The van der Waals surface area contributed by atoms with Gasteiger partial charge in [-0.2, -0.15) is 0 Å². The molecule has 1 fully saturated rings. The standard InChI is InChI=1S/C59H91NO14/c1-3-5-7-9-11-13-15-17-19-21-23-25-33-39-49(72-57(68)45-35-29-27-30-36-45)48(60-51(62)40-34-26-24-22-20-18-16-14-12-10-8-6-4-2)44-71-59-54(70-42-41-47(55(64)65)56(66)67)53(52(63)50(43-61)73-59)74-58(69)46-37-31-28-32-38-46/h27-33,35-39,47-50,52-54,59,61,63H,3-26,34,40-44H2,1-2H3,(H,60,62)(H,64,65)(H,66,67)/b39-33+/t48-,49+,50+,52-,53-,54+,59-/m0/s1. The maximum absolute atomic E-state index is 13.9. The number of carboxylic acids is 2. The van der Waals surface area contributed by atoms with Crippen LogP contribution in [0.1, 0.15) is 208 Å². The zero-order valence-electron chi connectivity index (χ0n) is 44.6. The zero-order valence-corrected chi connectivity index (χ0v) is 44.6. The molecule has 1 saturated heterocycles. The summed E-state index contributed by atoms with van der Waals surface area (Å²) in [6, 6.07) is 15.4. The van der Waals surface area contributed by atoms with E-state index in [9.17, 15) is 44.4 Å². The average Bonchev–Trinajstić information content (AvgIpc) is 3.40. The van der Waals surface area contributed by atoms with Crippen molar-refractivity contribution in [3.63, 3.8) is 0 Å². The summed E-state index contributed by atoms with van der Waals surface area (Å²) in [5.41, 5.74) is 0.427. The molecule has 2 aromatic carbocycles. The Bertz CT molecular complexity index is 1830. The molecule has 0 bridgehead atoms. The number of amides is 1. The van der Waals surface area contributed by atoms with Crippen molar-refractivity contribution in [1.82, 2.24) is 5.32 Å². The maximum atomic E-state index is 13.9. The minimum absolute atomic E-state index is 0.133. The lowest BCUT2D eigenvalue weighted by Gasteiger charge is -2.43. The van der Waals surface area contributed by atoms with Gasteiger partial charge in [0.15, 0.2) is 18.3 Å². The van der Waals surface area contributed by atoms with Gasteiger partial charge in [0.25, 0.3) is 0 Å². The van der Waals surface area contributed by atoms with Gasteiger partial charge in [-0.15, -0.1) is 0 Å². The van der Waals surface area contributed by atoms with Crippen LogP contribution in [0.3, 0.4) is 0 Å². The van der Waals surface area contributed by atoms with Gasteiger partial charge >= 0.3 is 23.9 Å². The van der Waals surface area contributed by atoms with E-state index in [1.165, 1.54) is 115 Å². The highest BCUT2D eigenvalue weighted by Gasteiger charge is 2.49. The Kier molecular flexibility index (Phi) is 34.1. The molecule has 7 atom stereocenters. The first-order valence-electron chi connectivity index (χ1n) is 28.1. The van der Waals surface area contributed by atoms with Crippen LogP contribution in [0, 0.1) is 5.92 Å². The van der Waals surface area contributed by atoms with Crippen molar-refractivity contribution in [2.24, 2.45) is 5.92 Å². The Hall–Kier alpha value is -4.67. The Balaban J connectivity index is 1.84. The Morgan fingerprint density at radius 2 is 1.09 bits per heavy atom. The second kappa shape index (κ2) is 39.7. The van der Waals surface area contributed by atoms with Gasteiger partial charge in [-0.3, -0.25) is 14.4 Å². The Morgan fingerprint density at radius 1 is 0.622 bits per heavy atom. The lowest BCUT2D eigenvalue weighted by molar-refractivity contribution is -0.310. The monoisotopic (exact) mass is 1040 g/mol. The summed E-state index contributed by atoms with van der Waals surface area (Å²) in [6.45, 7) is 2.82. The lowest BCUT2D eigenvalue weighted by Crippen LogP contribution is -2.62. The number of carboxylic acid groups (broad SMARTS) is 2. The summed E-state index contributed by atoms with van der Waals surface area (Å²) >= 11 is 0. The van der Waals surface area contributed by atoms with E-state index in [0.717, 1.165) is 44.9 Å². The van der Waals surface area contributed by atoms with E-state index in [1.807, 2.05) is 6.08 Å².